The highest BCUT2D eigenvalue weighted by molar-refractivity contribution is 5.70. The van der Waals surface area contributed by atoms with Crippen LogP contribution >= 0.6 is 0 Å². The molecule has 1 aromatic rings. The highest BCUT2D eigenvalue weighted by Crippen LogP contribution is 2.20. The van der Waals surface area contributed by atoms with Gasteiger partial charge in [0.05, 0.1) is 5.92 Å². The zero-order valence-electron chi connectivity index (χ0n) is 9.90. The summed E-state index contributed by atoms with van der Waals surface area (Å²) >= 11 is 0. The van der Waals surface area contributed by atoms with E-state index in [-0.39, 0.29) is 12.1 Å². The molecule has 1 heterocycles. The third-order valence-corrected chi connectivity index (χ3v) is 3.26. The van der Waals surface area contributed by atoms with Crippen LogP contribution < -0.4 is 0 Å². The molecule has 18 heavy (non-hydrogen) atoms. The summed E-state index contributed by atoms with van der Waals surface area (Å²) in [4.78, 5) is 12.8. The Morgan fingerprint density at radius 1 is 1.44 bits per heavy atom. The van der Waals surface area contributed by atoms with Gasteiger partial charge in [0, 0.05) is 18.7 Å². The zero-order valence-corrected chi connectivity index (χ0v) is 9.90. The summed E-state index contributed by atoms with van der Waals surface area (Å²) in [7, 11) is 0. The van der Waals surface area contributed by atoms with E-state index in [4.69, 9.17) is 5.11 Å². The molecule has 0 unspecified atom stereocenters. The Morgan fingerprint density at radius 2 is 2.22 bits per heavy atom. The molecule has 3 nitrogen and oxygen atoms in total. The highest BCUT2D eigenvalue weighted by atomic mass is 19.1. The average molecular weight is 255 g/mol. The summed E-state index contributed by atoms with van der Waals surface area (Å²) in [5, 5.41) is 8.96. The summed E-state index contributed by atoms with van der Waals surface area (Å²) in [6.45, 7) is 1.37. The van der Waals surface area contributed by atoms with Crippen molar-refractivity contribution in [3.05, 3.63) is 35.4 Å². The largest absolute Gasteiger partial charge is 0.481 e. The number of carboxylic acid groups (broad SMARTS) is 1. The molecule has 1 atom stereocenters. The molecule has 1 N–H and O–H groups in total. The van der Waals surface area contributed by atoms with Crippen molar-refractivity contribution in [2.75, 3.05) is 13.1 Å². The predicted molar refractivity (Wildman–Crippen MR) is 62.0 cm³/mol. The third kappa shape index (κ3) is 3.04. The maximum Gasteiger partial charge on any atom is 0.307 e. The topological polar surface area (TPSA) is 40.5 Å². The van der Waals surface area contributed by atoms with Gasteiger partial charge in [0.25, 0.3) is 0 Å². The number of nitrogens with zero attached hydrogens (tertiary/aromatic N) is 1. The van der Waals surface area contributed by atoms with E-state index in [9.17, 15) is 13.6 Å². The van der Waals surface area contributed by atoms with Crippen molar-refractivity contribution in [1.29, 1.82) is 0 Å². The molecule has 0 radical (unpaired) electrons. The van der Waals surface area contributed by atoms with Gasteiger partial charge in [0.2, 0.25) is 0 Å². The third-order valence-electron chi connectivity index (χ3n) is 3.26. The molecule has 1 aliphatic heterocycles. The number of hydrogen-bond donors (Lipinski definition) is 1. The summed E-state index contributed by atoms with van der Waals surface area (Å²) < 4.78 is 26.5. The fraction of sp³-hybridized carbons (Fsp3) is 0.462. The second-order valence-corrected chi connectivity index (χ2v) is 4.65. The van der Waals surface area contributed by atoms with Crippen molar-refractivity contribution in [2.24, 2.45) is 5.92 Å². The molecule has 0 amide bonds. The number of carbonyl (C=O) groups is 1. The van der Waals surface area contributed by atoms with Crippen LogP contribution in [0, 0.1) is 17.6 Å². The second-order valence-electron chi connectivity index (χ2n) is 4.65. The Morgan fingerprint density at radius 3 is 2.94 bits per heavy atom. The highest BCUT2D eigenvalue weighted by Gasteiger charge is 2.25. The van der Waals surface area contributed by atoms with E-state index in [1.165, 1.54) is 6.07 Å². The van der Waals surface area contributed by atoms with Crippen molar-refractivity contribution in [2.45, 2.75) is 19.4 Å². The van der Waals surface area contributed by atoms with Crippen LogP contribution in [0.5, 0.6) is 0 Å². The molecule has 1 aliphatic rings. The van der Waals surface area contributed by atoms with Gasteiger partial charge >= 0.3 is 5.97 Å². The van der Waals surface area contributed by atoms with Crippen LogP contribution in [-0.2, 0) is 11.3 Å². The summed E-state index contributed by atoms with van der Waals surface area (Å²) in [6, 6.07) is 3.35. The van der Waals surface area contributed by atoms with E-state index < -0.39 is 23.5 Å². The fourth-order valence-corrected chi connectivity index (χ4v) is 2.31. The molecule has 0 aromatic heterocycles. The van der Waals surface area contributed by atoms with Crippen molar-refractivity contribution < 1.29 is 18.7 Å². The zero-order chi connectivity index (χ0) is 13.1. The average Bonchev–Trinajstić information content (AvgIpc) is 2.34. The van der Waals surface area contributed by atoms with Gasteiger partial charge in [-0.3, -0.25) is 9.69 Å². The molecule has 1 aromatic carbocycles. The quantitative estimate of drug-likeness (QED) is 0.900. The standard InChI is InChI=1S/C13H15F2NO2/c14-11-3-4-12(15)10(6-11)8-16-5-1-2-9(7-16)13(17)18/h3-4,6,9H,1-2,5,7-8H2,(H,17,18)/t9-/m1/s1. The lowest BCUT2D eigenvalue weighted by atomic mass is 9.98. The smallest absolute Gasteiger partial charge is 0.307 e. The van der Waals surface area contributed by atoms with Crippen LogP contribution in [0.4, 0.5) is 8.78 Å². The predicted octanol–water partition coefficient (Wildman–Crippen LogP) is 2.26. The van der Waals surface area contributed by atoms with Gasteiger partial charge in [0.15, 0.2) is 0 Å². The number of carboxylic acids is 1. The number of benzene rings is 1. The molecule has 0 aliphatic carbocycles. The second kappa shape index (κ2) is 5.44. The minimum atomic E-state index is -0.820. The van der Waals surface area contributed by atoms with Gasteiger partial charge in [-0.25, -0.2) is 8.78 Å². The van der Waals surface area contributed by atoms with Gasteiger partial charge in [-0.2, -0.15) is 0 Å². The van der Waals surface area contributed by atoms with E-state index in [0.29, 0.717) is 13.0 Å². The molecule has 0 bridgehead atoms. The Bertz CT molecular complexity index is 451. The number of hydrogen-bond acceptors (Lipinski definition) is 2. The Balaban J connectivity index is 2.04. The molecule has 1 fully saturated rings. The van der Waals surface area contributed by atoms with E-state index in [2.05, 4.69) is 0 Å². The maximum absolute atomic E-state index is 13.5. The van der Waals surface area contributed by atoms with E-state index >= 15 is 0 Å². The number of likely N-dealkylation sites (tertiary alicyclic amines) is 1. The van der Waals surface area contributed by atoms with E-state index in [1.807, 2.05) is 4.90 Å². The Hall–Kier alpha value is -1.49. The van der Waals surface area contributed by atoms with Gasteiger partial charge in [-0.15, -0.1) is 0 Å². The summed E-state index contributed by atoms with van der Waals surface area (Å²) in [6.07, 6.45) is 1.42. The van der Waals surface area contributed by atoms with Gasteiger partial charge in [0.1, 0.15) is 11.6 Å². The monoisotopic (exact) mass is 255 g/mol. The Kier molecular flexibility index (Phi) is 3.91. The summed E-state index contributed by atoms with van der Waals surface area (Å²) in [5.74, 6) is -2.15. The van der Waals surface area contributed by atoms with Crippen LogP contribution in [0.25, 0.3) is 0 Å². The summed E-state index contributed by atoms with van der Waals surface area (Å²) in [5.41, 5.74) is 0.279. The number of piperidine rings is 1. The van der Waals surface area contributed by atoms with Crippen LogP contribution in [0.1, 0.15) is 18.4 Å². The number of halogens is 2. The minimum Gasteiger partial charge on any atom is -0.481 e. The van der Waals surface area contributed by atoms with Crippen molar-refractivity contribution >= 4 is 5.97 Å². The lowest BCUT2D eigenvalue weighted by molar-refractivity contribution is -0.143. The lowest BCUT2D eigenvalue weighted by Gasteiger charge is -2.30. The first-order chi connectivity index (χ1) is 8.56. The van der Waals surface area contributed by atoms with Crippen LogP contribution in [-0.4, -0.2) is 29.1 Å². The molecule has 1 saturated heterocycles. The minimum absolute atomic E-state index is 0.257. The van der Waals surface area contributed by atoms with Crippen LogP contribution in [0.15, 0.2) is 18.2 Å². The number of rotatable bonds is 3. The first kappa shape index (κ1) is 13.0. The normalized spacial score (nSPS) is 20.9. The first-order valence-electron chi connectivity index (χ1n) is 5.95. The van der Waals surface area contributed by atoms with Gasteiger partial charge in [-0.1, -0.05) is 0 Å². The van der Waals surface area contributed by atoms with E-state index in [0.717, 1.165) is 25.1 Å². The molecule has 5 heteroatoms. The van der Waals surface area contributed by atoms with E-state index in [1.54, 1.807) is 0 Å². The lowest BCUT2D eigenvalue weighted by Crippen LogP contribution is -2.38. The maximum atomic E-state index is 13.5. The number of aliphatic carboxylic acids is 1. The van der Waals surface area contributed by atoms with Gasteiger partial charge in [-0.05, 0) is 37.6 Å². The van der Waals surface area contributed by atoms with Crippen molar-refractivity contribution in [3.8, 4) is 0 Å². The SMILES string of the molecule is O=C(O)[C@@H]1CCCN(Cc2cc(F)ccc2F)C1. The molecule has 2 rings (SSSR count). The molecular weight excluding hydrogens is 240 g/mol. The van der Waals surface area contributed by atoms with Crippen LogP contribution in [0.3, 0.4) is 0 Å². The first-order valence-corrected chi connectivity index (χ1v) is 5.95. The Labute approximate surface area is 104 Å². The van der Waals surface area contributed by atoms with Crippen LogP contribution in [0.2, 0.25) is 0 Å². The molecule has 0 spiro atoms. The molecule has 98 valence electrons. The van der Waals surface area contributed by atoms with Crippen molar-refractivity contribution in [1.82, 2.24) is 4.90 Å². The van der Waals surface area contributed by atoms with Crippen molar-refractivity contribution in [3.63, 3.8) is 0 Å². The molecule has 0 saturated carbocycles. The molecular formula is C13H15F2NO2. The fourth-order valence-electron chi connectivity index (χ4n) is 2.31. The van der Waals surface area contributed by atoms with Gasteiger partial charge < -0.3 is 5.11 Å².